The van der Waals surface area contributed by atoms with Crippen molar-refractivity contribution in [2.45, 2.75) is 89.4 Å². The fourth-order valence-corrected chi connectivity index (χ4v) is 4.07. The summed E-state index contributed by atoms with van der Waals surface area (Å²) in [5.41, 5.74) is -3.38. The molecule has 0 heterocycles. The van der Waals surface area contributed by atoms with Gasteiger partial charge in [0.05, 0.1) is 25.7 Å². The third-order valence-corrected chi connectivity index (χ3v) is 6.03. The lowest BCUT2D eigenvalue weighted by Gasteiger charge is -2.36. The van der Waals surface area contributed by atoms with Crippen molar-refractivity contribution in [2.75, 3.05) is 19.8 Å². The zero-order valence-corrected chi connectivity index (χ0v) is 19.8. The van der Waals surface area contributed by atoms with Gasteiger partial charge in [-0.15, -0.1) is 0 Å². The van der Waals surface area contributed by atoms with Gasteiger partial charge >= 0.3 is 5.97 Å². The average Bonchev–Trinajstić information content (AvgIpc) is 2.84. The quantitative estimate of drug-likeness (QED) is 0.0791. The highest BCUT2D eigenvalue weighted by atomic mass is 16.4. The van der Waals surface area contributed by atoms with Crippen LogP contribution in [0.5, 0.6) is 0 Å². The van der Waals surface area contributed by atoms with E-state index in [1.807, 2.05) is 0 Å². The van der Waals surface area contributed by atoms with Crippen molar-refractivity contribution in [3.05, 3.63) is 0 Å². The predicted octanol–water partition coefficient (Wildman–Crippen LogP) is -0.639. The monoisotopic (exact) mass is 492 g/mol. The van der Waals surface area contributed by atoms with Gasteiger partial charge in [0.2, 0.25) is 0 Å². The number of aliphatic hydroxyl groups excluding tert-OH is 6. The number of carboxylic acid groups (broad SMARTS) is 1. The standard InChI is InChI=1S/C23H40O11/c1-2-3-4-5-6-7-8-9-10-11-15(19(30)16(27)12-24)23(22(33)34,20(31)17(28)13-25)21(32)18(29)14-26/h15-18,24-29H,2-14H2,1H3,(H,33,34). The van der Waals surface area contributed by atoms with Crippen LogP contribution in [0.2, 0.25) is 0 Å². The molecule has 34 heavy (non-hydrogen) atoms. The Hall–Kier alpha value is -1.76. The Balaban J connectivity index is 5.96. The maximum Gasteiger partial charge on any atom is 0.325 e. The number of aliphatic hydroxyl groups is 6. The van der Waals surface area contributed by atoms with Gasteiger partial charge in [0.15, 0.2) is 22.8 Å². The van der Waals surface area contributed by atoms with E-state index in [2.05, 4.69) is 6.92 Å². The molecule has 11 heteroatoms. The van der Waals surface area contributed by atoms with Gasteiger partial charge in [0, 0.05) is 0 Å². The first kappa shape index (κ1) is 32.2. The molecule has 0 aliphatic heterocycles. The van der Waals surface area contributed by atoms with Crippen LogP contribution in [0.4, 0.5) is 0 Å². The molecule has 0 aliphatic rings. The van der Waals surface area contributed by atoms with E-state index in [1.165, 1.54) is 0 Å². The molecule has 0 radical (unpaired) electrons. The molecule has 11 nitrogen and oxygen atoms in total. The van der Waals surface area contributed by atoms with Crippen LogP contribution in [0.25, 0.3) is 0 Å². The maximum atomic E-state index is 12.9. The van der Waals surface area contributed by atoms with Gasteiger partial charge in [-0.25, -0.2) is 0 Å². The van der Waals surface area contributed by atoms with Crippen molar-refractivity contribution >= 4 is 23.3 Å². The first-order valence-electron chi connectivity index (χ1n) is 11.8. The highest BCUT2D eigenvalue weighted by Gasteiger charge is 2.63. The van der Waals surface area contributed by atoms with Crippen LogP contribution in [0.3, 0.4) is 0 Å². The number of carbonyl (C=O) groups is 4. The molecule has 0 fully saturated rings. The minimum Gasteiger partial charge on any atom is -0.480 e. The van der Waals surface area contributed by atoms with Gasteiger partial charge in [-0.05, 0) is 6.42 Å². The van der Waals surface area contributed by atoms with Crippen LogP contribution >= 0.6 is 0 Å². The fraction of sp³-hybridized carbons (Fsp3) is 0.826. The summed E-state index contributed by atoms with van der Waals surface area (Å²) in [6.45, 7) is -1.54. The van der Waals surface area contributed by atoms with E-state index in [9.17, 15) is 54.9 Å². The summed E-state index contributed by atoms with van der Waals surface area (Å²) in [5, 5.41) is 67.2. The number of carbonyl (C=O) groups excluding carboxylic acids is 3. The summed E-state index contributed by atoms with van der Waals surface area (Å²) in [7, 11) is 0. The topological polar surface area (TPSA) is 210 Å². The second kappa shape index (κ2) is 16.8. The summed E-state index contributed by atoms with van der Waals surface area (Å²) >= 11 is 0. The first-order chi connectivity index (χ1) is 16.1. The molecular weight excluding hydrogens is 452 g/mol. The number of hydrogen-bond donors (Lipinski definition) is 7. The predicted molar refractivity (Wildman–Crippen MR) is 120 cm³/mol. The van der Waals surface area contributed by atoms with Gasteiger partial charge in [0.25, 0.3) is 0 Å². The third kappa shape index (κ3) is 8.47. The Labute approximate surface area is 199 Å². The van der Waals surface area contributed by atoms with Gasteiger partial charge in [-0.1, -0.05) is 64.7 Å². The lowest BCUT2D eigenvalue weighted by molar-refractivity contribution is -0.176. The van der Waals surface area contributed by atoms with E-state index in [4.69, 9.17) is 0 Å². The third-order valence-electron chi connectivity index (χ3n) is 6.03. The number of unbranched alkanes of at least 4 members (excludes halogenated alkanes) is 8. The van der Waals surface area contributed by atoms with E-state index in [1.54, 1.807) is 0 Å². The Morgan fingerprint density at radius 3 is 1.38 bits per heavy atom. The largest absolute Gasteiger partial charge is 0.480 e. The number of hydrogen-bond acceptors (Lipinski definition) is 10. The molecular formula is C23H40O11. The van der Waals surface area contributed by atoms with Crippen molar-refractivity contribution in [2.24, 2.45) is 11.3 Å². The van der Waals surface area contributed by atoms with Gasteiger partial charge in [-0.3, -0.25) is 19.2 Å². The Kier molecular flexibility index (Phi) is 15.9. The summed E-state index contributed by atoms with van der Waals surface area (Å²) in [4.78, 5) is 51.0. The van der Waals surface area contributed by atoms with E-state index < -0.39 is 72.8 Å². The number of ketones is 3. The number of aliphatic carboxylic acids is 1. The van der Waals surface area contributed by atoms with E-state index >= 15 is 0 Å². The van der Waals surface area contributed by atoms with E-state index in [0.717, 1.165) is 44.9 Å². The zero-order valence-electron chi connectivity index (χ0n) is 19.8. The van der Waals surface area contributed by atoms with E-state index in [0.29, 0.717) is 6.42 Å². The molecule has 0 aliphatic carbocycles. The normalized spacial score (nSPS) is 16.8. The lowest BCUT2D eigenvalue weighted by atomic mass is 9.62. The van der Waals surface area contributed by atoms with Crippen LogP contribution in [0, 0.1) is 11.3 Å². The highest BCUT2D eigenvalue weighted by Crippen LogP contribution is 2.38. The Bertz CT molecular complexity index is 627. The summed E-state index contributed by atoms with van der Waals surface area (Å²) in [5.74, 6) is -9.07. The molecule has 4 atom stereocenters. The zero-order chi connectivity index (χ0) is 26.3. The first-order valence-corrected chi connectivity index (χ1v) is 11.8. The van der Waals surface area contributed by atoms with Gasteiger partial charge in [-0.2, -0.15) is 0 Å². The van der Waals surface area contributed by atoms with Gasteiger partial charge in [0.1, 0.15) is 18.3 Å². The minimum atomic E-state index is -3.38. The summed E-state index contributed by atoms with van der Waals surface area (Å²) < 4.78 is 0. The summed E-state index contributed by atoms with van der Waals surface area (Å²) in [6, 6.07) is 0. The van der Waals surface area contributed by atoms with Crippen LogP contribution in [-0.2, 0) is 19.2 Å². The highest BCUT2D eigenvalue weighted by molar-refractivity contribution is 6.26. The van der Waals surface area contributed by atoms with Crippen LogP contribution < -0.4 is 0 Å². The Morgan fingerprint density at radius 1 is 0.647 bits per heavy atom. The fourth-order valence-electron chi connectivity index (χ4n) is 4.07. The smallest absolute Gasteiger partial charge is 0.325 e. The average molecular weight is 493 g/mol. The van der Waals surface area contributed by atoms with Crippen molar-refractivity contribution in [1.82, 2.24) is 0 Å². The molecule has 0 bridgehead atoms. The SMILES string of the molecule is CCCCCCCCCCCC(C(=O)C(O)CO)C(C(=O)O)(C(=O)C(O)CO)C(=O)C(O)CO. The lowest BCUT2D eigenvalue weighted by Crippen LogP contribution is -2.62. The van der Waals surface area contributed by atoms with Crippen LogP contribution in [-0.4, -0.2) is 97.2 Å². The molecule has 4 unspecified atom stereocenters. The molecule has 0 aromatic heterocycles. The molecule has 0 amide bonds. The Morgan fingerprint density at radius 2 is 1.03 bits per heavy atom. The molecule has 198 valence electrons. The molecule has 0 saturated carbocycles. The second-order valence-electron chi connectivity index (χ2n) is 8.51. The molecule has 0 aromatic rings. The molecule has 7 N–H and O–H groups in total. The van der Waals surface area contributed by atoms with Crippen molar-refractivity contribution < 1.29 is 54.9 Å². The van der Waals surface area contributed by atoms with Crippen LogP contribution in [0.15, 0.2) is 0 Å². The molecule has 0 spiro atoms. The molecule has 0 aromatic carbocycles. The van der Waals surface area contributed by atoms with Crippen LogP contribution in [0.1, 0.15) is 71.1 Å². The number of Topliss-reactive ketones (excluding diaryl/α,β-unsaturated/α-hetero) is 3. The molecule has 0 rings (SSSR count). The minimum absolute atomic E-state index is 0.170. The van der Waals surface area contributed by atoms with Crippen molar-refractivity contribution in [3.63, 3.8) is 0 Å². The number of rotatable bonds is 21. The molecule has 0 saturated heterocycles. The van der Waals surface area contributed by atoms with Gasteiger partial charge < -0.3 is 35.7 Å². The number of carboxylic acids is 1. The van der Waals surface area contributed by atoms with Crippen molar-refractivity contribution in [3.8, 4) is 0 Å². The van der Waals surface area contributed by atoms with E-state index in [-0.39, 0.29) is 12.8 Å². The van der Waals surface area contributed by atoms with Crippen molar-refractivity contribution in [1.29, 1.82) is 0 Å². The summed E-state index contributed by atoms with van der Waals surface area (Å²) in [6.07, 6.45) is 0.485. The maximum absolute atomic E-state index is 12.9. The second-order valence-corrected chi connectivity index (χ2v) is 8.51.